The van der Waals surface area contributed by atoms with Gasteiger partial charge < -0.3 is 10.6 Å². The van der Waals surface area contributed by atoms with Gasteiger partial charge in [-0.2, -0.15) is 0 Å². The SMILES string of the molecule is C=CCc1cccc(NCC2=NCCN2)c1C.Cl. The molecule has 1 aliphatic heterocycles. The largest absolute Gasteiger partial charge is 0.378 e. The van der Waals surface area contributed by atoms with E-state index in [9.17, 15) is 0 Å². The van der Waals surface area contributed by atoms with E-state index in [1.807, 2.05) is 6.08 Å². The molecule has 0 atom stereocenters. The lowest BCUT2D eigenvalue weighted by molar-refractivity contribution is 0.955. The average Bonchev–Trinajstić information content (AvgIpc) is 2.83. The Morgan fingerprint density at radius 2 is 2.33 bits per heavy atom. The first-order valence-corrected chi connectivity index (χ1v) is 6.01. The van der Waals surface area contributed by atoms with Gasteiger partial charge >= 0.3 is 0 Å². The van der Waals surface area contributed by atoms with Crippen LogP contribution in [-0.2, 0) is 6.42 Å². The minimum absolute atomic E-state index is 0. The predicted molar refractivity (Wildman–Crippen MR) is 81.1 cm³/mol. The number of nitrogens with one attached hydrogen (secondary N) is 2. The Bertz CT molecular complexity index is 441. The lowest BCUT2D eigenvalue weighted by Gasteiger charge is -2.12. The highest BCUT2D eigenvalue weighted by molar-refractivity contribution is 5.87. The monoisotopic (exact) mass is 265 g/mol. The highest BCUT2D eigenvalue weighted by Crippen LogP contribution is 2.19. The minimum Gasteiger partial charge on any atom is -0.378 e. The van der Waals surface area contributed by atoms with Gasteiger partial charge in [-0.25, -0.2) is 0 Å². The Morgan fingerprint density at radius 1 is 1.50 bits per heavy atom. The Morgan fingerprint density at radius 3 is 3.00 bits per heavy atom. The van der Waals surface area contributed by atoms with Gasteiger partial charge in [-0.05, 0) is 30.5 Å². The molecule has 0 unspecified atom stereocenters. The number of anilines is 1. The highest BCUT2D eigenvalue weighted by atomic mass is 35.5. The first kappa shape index (κ1) is 14.6. The van der Waals surface area contributed by atoms with E-state index >= 15 is 0 Å². The van der Waals surface area contributed by atoms with Crippen molar-refractivity contribution in [2.45, 2.75) is 13.3 Å². The summed E-state index contributed by atoms with van der Waals surface area (Å²) >= 11 is 0. The number of nitrogens with zero attached hydrogens (tertiary/aromatic N) is 1. The summed E-state index contributed by atoms with van der Waals surface area (Å²) in [5.41, 5.74) is 3.80. The standard InChI is InChI=1S/C14H19N3.ClH/c1-3-5-12-6-4-7-13(11(12)2)17-10-14-15-8-9-16-14;/h3-4,6-7,17H,1,5,8-10H2,2H3,(H,15,16);1H. The zero-order valence-electron chi connectivity index (χ0n) is 10.7. The summed E-state index contributed by atoms with van der Waals surface area (Å²) in [6.45, 7) is 8.57. The Hall–Kier alpha value is -1.48. The number of hydrogen-bond donors (Lipinski definition) is 2. The Labute approximate surface area is 115 Å². The fourth-order valence-electron chi connectivity index (χ4n) is 2.00. The summed E-state index contributed by atoms with van der Waals surface area (Å²) in [5, 5.41) is 6.68. The lowest BCUT2D eigenvalue weighted by atomic mass is 10.0. The summed E-state index contributed by atoms with van der Waals surface area (Å²) < 4.78 is 0. The van der Waals surface area contributed by atoms with Crippen LogP contribution in [0.1, 0.15) is 11.1 Å². The summed E-state index contributed by atoms with van der Waals surface area (Å²) in [4.78, 5) is 4.37. The van der Waals surface area contributed by atoms with Crippen LogP contribution in [0.4, 0.5) is 5.69 Å². The molecule has 18 heavy (non-hydrogen) atoms. The van der Waals surface area contributed by atoms with Crippen molar-refractivity contribution in [1.82, 2.24) is 5.32 Å². The van der Waals surface area contributed by atoms with Crippen molar-refractivity contribution in [1.29, 1.82) is 0 Å². The fraction of sp³-hybridized carbons (Fsp3) is 0.357. The molecule has 4 heteroatoms. The van der Waals surface area contributed by atoms with Crippen molar-refractivity contribution in [3.05, 3.63) is 42.0 Å². The molecule has 1 aliphatic rings. The third-order valence-corrected chi connectivity index (χ3v) is 3.00. The highest BCUT2D eigenvalue weighted by Gasteiger charge is 2.06. The van der Waals surface area contributed by atoms with Gasteiger partial charge in [0.2, 0.25) is 0 Å². The Kier molecular flexibility index (Phi) is 5.72. The van der Waals surface area contributed by atoms with Gasteiger partial charge in [0.15, 0.2) is 0 Å². The maximum absolute atomic E-state index is 4.37. The molecule has 0 saturated heterocycles. The van der Waals surface area contributed by atoms with Crippen LogP contribution in [0.15, 0.2) is 35.8 Å². The summed E-state index contributed by atoms with van der Waals surface area (Å²) in [6.07, 6.45) is 2.86. The van der Waals surface area contributed by atoms with E-state index in [1.165, 1.54) is 16.8 Å². The smallest absolute Gasteiger partial charge is 0.116 e. The number of amidine groups is 1. The van der Waals surface area contributed by atoms with Crippen molar-refractivity contribution in [2.24, 2.45) is 4.99 Å². The molecule has 1 heterocycles. The van der Waals surface area contributed by atoms with Crippen molar-refractivity contribution in [3.63, 3.8) is 0 Å². The van der Waals surface area contributed by atoms with E-state index in [1.54, 1.807) is 0 Å². The normalized spacial score (nSPS) is 13.3. The summed E-state index contributed by atoms with van der Waals surface area (Å²) in [7, 11) is 0. The first-order valence-electron chi connectivity index (χ1n) is 6.01. The molecule has 1 aromatic carbocycles. The van der Waals surface area contributed by atoms with Crippen LogP contribution in [0.25, 0.3) is 0 Å². The first-order chi connectivity index (χ1) is 8.31. The van der Waals surface area contributed by atoms with Crippen molar-refractivity contribution < 1.29 is 0 Å². The van der Waals surface area contributed by atoms with Crippen LogP contribution in [0.2, 0.25) is 0 Å². The van der Waals surface area contributed by atoms with Crippen LogP contribution in [0.5, 0.6) is 0 Å². The lowest BCUT2D eigenvalue weighted by Crippen LogP contribution is -2.26. The molecule has 0 saturated carbocycles. The second kappa shape index (κ2) is 7.07. The van der Waals surface area contributed by atoms with Crippen molar-refractivity contribution in [3.8, 4) is 0 Å². The number of halogens is 1. The predicted octanol–water partition coefficient (Wildman–Crippen LogP) is 2.56. The van der Waals surface area contributed by atoms with Gasteiger partial charge in [0, 0.05) is 12.2 Å². The van der Waals surface area contributed by atoms with Gasteiger partial charge in [-0.3, -0.25) is 4.99 Å². The van der Waals surface area contributed by atoms with E-state index in [-0.39, 0.29) is 12.4 Å². The number of hydrogen-bond acceptors (Lipinski definition) is 3. The second-order valence-electron chi connectivity index (χ2n) is 4.19. The topological polar surface area (TPSA) is 36.4 Å². The van der Waals surface area contributed by atoms with Crippen LogP contribution in [0.3, 0.4) is 0 Å². The summed E-state index contributed by atoms with van der Waals surface area (Å²) in [6, 6.07) is 6.34. The minimum atomic E-state index is 0. The van der Waals surface area contributed by atoms with Gasteiger partial charge in [0.1, 0.15) is 5.84 Å². The fourth-order valence-corrected chi connectivity index (χ4v) is 2.00. The van der Waals surface area contributed by atoms with Crippen molar-refractivity contribution in [2.75, 3.05) is 25.0 Å². The third kappa shape index (κ3) is 3.50. The van der Waals surface area contributed by atoms with Gasteiger partial charge in [0.05, 0.1) is 13.1 Å². The van der Waals surface area contributed by atoms with E-state index in [0.717, 1.165) is 31.9 Å². The van der Waals surface area contributed by atoms with E-state index in [0.29, 0.717) is 0 Å². The molecule has 98 valence electrons. The second-order valence-corrected chi connectivity index (χ2v) is 4.19. The molecule has 2 rings (SSSR count). The molecule has 0 bridgehead atoms. The molecule has 0 aromatic heterocycles. The maximum Gasteiger partial charge on any atom is 0.116 e. The molecule has 0 radical (unpaired) electrons. The summed E-state index contributed by atoms with van der Waals surface area (Å²) in [5.74, 6) is 1.05. The van der Waals surface area contributed by atoms with Gasteiger partial charge in [-0.1, -0.05) is 18.2 Å². The third-order valence-electron chi connectivity index (χ3n) is 3.00. The molecule has 0 aliphatic carbocycles. The average molecular weight is 266 g/mol. The molecular formula is C14H20ClN3. The molecule has 0 amide bonds. The zero-order valence-corrected chi connectivity index (χ0v) is 11.5. The van der Waals surface area contributed by atoms with Gasteiger partial charge in [0.25, 0.3) is 0 Å². The maximum atomic E-state index is 4.37. The van der Waals surface area contributed by atoms with Crippen LogP contribution in [0, 0.1) is 6.92 Å². The van der Waals surface area contributed by atoms with E-state index in [2.05, 4.69) is 47.3 Å². The number of rotatable bonds is 5. The van der Waals surface area contributed by atoms with E-state index < -0.39 is 0 Å². The molecule has 2 N–H and O–H groups in total. The van der Waals surface area contributed by atoms with Crippen LogP contribution in [-0.4, -0.2) is 25.5 Å². The van der Waals surface area contributed by atoms with Crippen LogP contribution >= 0.6 is 12.4 Å². The number of aliphatic imine (C=N–C) groups is 1. The molecule has 1 aromatic rings. The molecular weight excluding hydrogens is 246 g/mol. The molecule has 3 nitrogen and oxygen atoms in total. The zero-order chi connectivity index (χ0) is 12.1. The molecule has 0 spiro atoms. The van der Waals surface area contributed by atoms with Crippen molar-refractivity contribution >= 4 is 23.9 Å². The molecule has 0 fully saturated rings. The quantitative estimate of drug-likeness (QED) is 0.803. The Balaban J connectivity index is 0.00000162. The van der Waals surface area contributed by atoms with Gasteiger partial charge in [-0.15, -0.1) is 19.0 Å². The van der Waals surface area contributed by atoms with E-state index in [4.69, 9.17) is 0 Å². The number of allylic oxidation sites excluding steroid dienone is 1. The number of benzene rings is 1. The van der Waals surface area contributed by atoms with Crippen LogP contribution < -0.4 is 10.6 Å².